The molecule has 2 aromatic rings. The highest BCUT2D eigenvalue weighted by molar-refractivity contribution is 7.19. The van der Waals surface area contributed by atoms with Crippen molar-refractivity contribution >= 4 is 27.4 Å². The van der Waals surface area contributed by atoms with Crippen LogP contribution < -0.4 is 5.32 Å². The van der Waals surface area contributed by atoms with Crippen LogP contribution in [0.15, 0.2) is 0 Å². The monoisotopic (exact) mass is 233 g/mol. The van der Waals surface area contributed by atoms with Gasteiger partial charge < -0.3 is 5.32 Å². The second-order valence-electron chi connectivity index (χ2n) is 4.26. The Morgan fingerprint density at radius 2 is 2.00 bits per heavy atom. The summed E-state index contributed by atoms with van der Waals surface area (Å²) in [6, 6.07) is 0. The predicted molar refractivity (Wildman–Crippen MR) is 68.3 cm³/mol. The molecule has 4 heteroatoms. The first-order valence-electron chi connectivity index (χ1n) is 5.76. The van der Waals surface area contributed by atoms with E-state index >= 15 is 0 Å². The molecule has 0 atom stereocenters. The highest BCUT2D eigenvalue weighted by Crippen LogP contribution is 2.38. The molecule has 0 saturated heterocycles. The van der Waals surface area contributed by atoms with Crippen LogP contribution in [0.25, 0.3) is 10.2 Å². The van der Waals surface area contributed by atoms with E-state index in [2.05, 4.69) is 15.3 Å². The second-order valence-corrected chi connectivity index (χ2v) is 5.34. The van der Waals surface area contributed by atoms with E-state index in [0.717, 1.165) is 16.5 Å². The Morgan fingerprint density at radius 3 is 2.81 bits per heavy atom. The van der Waals surface area contributed by atoms with E-state index in [-0.39, 0.29) is 0 Å². The minimum absolute atomic E-state index is 0.857. The lowest BCUT2D eigenvalue weighted by atomic mass is 9.97. The van der Waals surface area contributed by atoms with Gasteiger partial charge in [0.05, 0.1) is 5.39 Å². The Labute approximate surface area is 98.9 Å². The molecule has 0 amide bonds. The van der Waals surface area contributed by atoms with Gasteiger partial charge in [-0.2, -0.15) is 0 Å². The van der Waals surface area contributed by atoms with Gasteiger partial charge >= 0.3 is 0 Å². The summed E-state index contributed by atoms with van der Waals surface area (Å²) < 4.78 is 0. The van der Waals surface area contributed by atoms with E-state index in [1.54, 1.807) is 0 Å². The quantitative estimate of drug-likeness (QED) is 0.823. The van der Waals surface area contributed by atoms with Crippen LogP contribution in [0, 0.1) is 6.92 Å². The van der Waals surface area contributed by atoms with E-state index in [0.29, 0.717) is 0 Å². The number of nitrogens with one attached hydrogen (secondary N) is 1. The summed E-state index contributed by atoms with van der Waals surface area (Å²) in [6.45, 7) is 1.96. The van der Waals surface area contributed by atoms with Crippen LogP contribution in [-0.2, 0) is 12.8 Å². The van der Waals surface area contributed by atoms with E-state index in [9.17, 15) is 0 Å². The smallest absolute Gasteiger partial charge is 0.138 e. The third kappa shape index (κ3) is 1.40. The summed E-state index contributed by atoms with van der Waals surface area (Å²) in [7, 11) is 1.94. The first-order chi connectivity index (χ1) is 7.79. The Balaban J connectivity index is 2.34. The zero-order valence-corrected chi connectivity index (χ0v) is 10.4. The van der Waals surface area contributed by atoms with Gasteiger partial charge in [0.2, 0.25) is 0 Å². The number of nitrogens with zero attached hydrogens (tertiary/aromatic N) is 2. The zero-order chi connectivity index (χ0) is 11.1. The Bertz CT molecular complexity index is 545. The lowest BCUT2D eigenvalue weighted by Gasteiger charge is -2.11. The summed E-state index contributed by atoms with van der Waals surface area (Å²) in [5.41, 5.74) is 1.50. The molecule has 0 saturated carbocycles. The summed E-state index contributed by atoms with van der Waals surface area (Å²) >= 11 is 1.85. The number of fused-ring (bicyclic) bond motifs is 3. The van der Waals surface area contributed by atoms with Gasteiger partial charge in [0, 0.05) is 11.9 Å². The number of anilines is 1. The van der Waals surface area contributed by atoms with Crippen molar-refractivity contribution in [3.8, 4) is 0 Å². The standard InChI is InChI=1S/C12H15N3S/c1-7-14-11(13-2)10-8-5-3-4-6-9(8)16-12(10)15-7/h3-6H2,1-2H3,(H,13,14,15). The van der Waals surface area contributed by atoms with E-state index in [1.807, 2.05) is 25.3 Å². The number of thiophene rings is 1. The molecule has 1 N–H and O–H groups in total. The zero-order valence-electron chi connectivity index (χ0n) is 9.63. The molecule has 16 heavy (non-hydrogen) atoms. The average Bonchev–Trinajstić information content (AvgIpc) is 2.65. The predicted octanol–water partition coefficient (Wildman–Crippen LogP) is 2.92. The van der Waals surface area contributed by atoms with Crippen molar-refractivity contribution in [1.29, 1.82) is 0 Å². The van der Waals surface area contributed by atoms with Crippen LogP contribution in [0.4, 0.5) is 5.82 Å². The number of aryl methyl sites for hydroxylation is 3. The molecule has 0 fully saturated rings. The van der Waals surface area contributed by atoms with E-state index in [4.69, 9.17) is 0 Å². The molecule has 2 heterocycles. The minimum atomic E-state index is 0.857. The van der Waals surface area contributed by atoms with E-state index < -0.39 is 0 Å². The van der Waals surface area contributed by atoms with Crippen LogP contribution >= 0.6 is 11.3 Å². The first kappa shape index (κ1) is 10.0. The molecule has 0 spiro atoms. The normalized spacial score (nSPS) is 15.1. The van der Waals surface area contributed by atoms with Gasteiger partial charge in [-0.3, -0.25) is 0 Å². The largest absolute Gasteiger partial charge is 0.372 e. The van der Waals surface area contributed by atoms with Gasteiger partial charge in [-0.05, 0) is 38.2 Å². The van der Waals surface area contributed by atoms with Crippen LogP contribution in [0.2, 0.25) is 0 Å². The van der Waals surface area contributed by atoms with Crippen molar-refractivity contribution in [3.63, 3.8) is 0 Å². The molecule has 1 aliphatic rings. The number of aromatic nitrogens is 2. The fourth-order valence-corrected chi connectivity index (χ4v) is 3.75. The Kier molecular flexibility index (Phi) is 2.32. The Hall–Kier alpha value is -1.16. The third-order valence-electron chi connectivity index (χ3n) is 3.16. The molecule has 0 aliphatic heterocycles. The highest BCUT2D eigenvalue weighted by Gasteiger charge is 2.19. The summed E-state index contributed by atoms with van der Waals surface area (Å²) in [5.74, 6) is 1.86. The summed E-state index contributed by atoms with van der Waals surface area (Å²) in [4.78, 5) is 11.7. The first-order valence-corrected chi connectivity index (χ1v) is 6.58. The van der Waals surface area contributed by atoms with Gasteiger partial charge in [-0.15, -0.1) is 11.3 Å². The van der Waals surface area contributed by atoms with Crippen molar-refractivity contribution in [2.24, 2.45) is 0 Å². The molecule has 0 aromatic carbocycles. The maximum absolute atomic E-state index is 4.56. The van der Waals surface area contributed by atoms with Gasteiger partial charge in [-0.1, -0.05) is 0 Å². The fourth-order valence-electron chi connectivity index (χ4n) is 2.44. The maximum Gasteiger partial charge on any atom is 0.138 e. The van der Waals surface area contributed by atoms with Crippen LogP contribution in [0.1, 0.15) is 29.1 Å². The Morgan fingerprint density at radius 1 is 1.19 bits per heavy atom. The van der Waals surface area contributed by atoms with Crippen molar-refractivity contribution in [1.82, 2.24) is 9.97 Å². The van der Waals surface area contributed by atoms with E-state index in [1.165, 1.54) is 41.5 Å². The molecular weight excluding hydrogens is 218 g/mol. The lowest BCUT2D eigenvalue weighted by molar-refractivity contribution is 0.700. The minimum Gasteiger partial charge on any atom is -0.372 e. The molecule has 2 aromatic heterocycles. The average molecular weight is 233 g/mol. The highest BCUT2D eigenvalue weighted by atomic mass is 32.1. The van der Waals surface area contributed by atoms with Crippen LogP contribution in [0.3, 0.4) is 0 Å². The number of hydrogen-bond donors (Lipinski definition) is 1. The number of rotatable bonds is 1. The maximum atomic E-state index is 4.56. The molecule has 3 nitrogen and oxygen atoms in total. The molecule has 0 bridgehead atoms. The molecule has 0 unspecified atom stereocenters. The van der Waals surface area contributed by atoms with Crippen molar-refractivity contribution in [3.05, 3.63) is 16.3 Å². The summed E-state index contributed by atoms with van der Waals surface area (Å²) in [6.07, 6.45) is 5.03. The second kappa shape index (κ2) is 3.70. The summed E-state index contributed by atoms with van der Waals surface area (Å²) in [5, 5.41) is 4.47. The fraction of sp³-hybridized carbons (Fsp3) is 0.500. The topological polar surface area (TPSA) is 37.8 Å². The van der Waals surface area contributed by atoms with Crippen LogP contribution in [0.5, 0.6) is 0 Å². The van der Waals surface area contributed by atoms with Crippen molar-refractivity contribution in [2.45, 2.75) is 32.6 Å². The van der Waals surface area contributed by atoms with Crippen molar-refractivity contribution in [2.75, 3.05) is 12.4 Å². The van der Waals surface area contributed by atoms with Gasteiger partial charge in [0.1, 0.15) is 16.5 Å². The molecule has 1 aliphatic carbocycles. The molecule has 3 rings (SSSR count). The van der Waals surface area contributed by atoms with Gasteiger partial charge in [0.15, 0.2) is 0 Å². The SMILES string of the molecule is CNc1nc(C)nc2sc3c(c12)CCCC3. The molecule has 84 valence electrons. The third-order valence-corrected chi connectivity index (χ3v) is 4.35. The molecule has 0 radical (unpaired) electrons. The number of hydrogen-bond acceptors (Lipinski definition) is 4. The lowest BCUT2D eigenvalue weighted by Crippen LogP contribution is -2.01. The van der Waals surface area contributed by atoms with Gasteiger partial charge in [-0.25, -0.2) is 9.97 Å². The van der Waals surface area contributed by atoms with Gasteiger partial charge in [0.25, 0.3) is 0 Å². The van der Waals surface area contributed by atoms with Crippen LogP contribution in [-0.4, -0.2) is 17.0 Å². The molecular formula is C12H15N3S. The van der Waals surface area contributed by atoms with Crippen molar-refractivity contribution < 1.29 is 0 Å².